The highest BCUT2D eigenvalue weighted by molar-refractivity contribution is 6.16. The molecule has 1 N–H and O–H groups in total. The number of carbonyl (C=O) groups is 2. The fourth-order valence-electron chi connectivity index (χ4n) is 4.03. The molecule has 4 rings (SSSR count). The number of amides is 1. The minimum absolute atomic E-state index is 0.00613. The zero-order valence-corrected chi connectivity index (χ0v) is 18.3. The van der Waals surface area contributed by atoms with Crippen molar-refractivity contribution in [3.05, 3.63) is 76.8 Å². The summed E-state index contributed by atoms with van der Waals surface area (Å²) in [5.41, 5.74) is 2.29. The Labute approximate surface area is 185 Å². The van der Waals surface area contributed by atoms with Gasteiger partial charge in [-0.3, -0.25) is 9.59 Å². The maximum atomic E-state index is 13.5. The Morgan fingerprint density at radius 2 is 1.91 bits per heavy atom. The number of para-hydroxylation sites is 1. The third-order valence-electron chi connectivity index (χ3n) is 5.74. The van der Waals surface area contributed by atoms with Crippen LogP contribution in [-0.4, -0.2) is 49.1 Å². The molecular formula is C25H25NO6. The molecule has 7 nitrogen and oxygen atoms in total. The zero-order chi connectivity index (χ0) is 22.8. The molecule has 1 atom stereocenters. The highest BCUT2D eigenvalue weighted by Gasteiger charge is 2.44. The number of aliphatic hydroxyl groups is 1. The highest BCUT2D eigenvalue weighted by Crippen LogP contribution is 2.40. The van der Waals surface area contributed by atoms with Crippen LogP contribution in [0.3, 0.4) is 0 Å². The van der Waals surface area contributed by atoms with E-state index < -0.39 is 23.5 Å². The van der Waals surface area contributed by atoms with Crippen molar-refractivity contribution in [1.82, 2.24) is 4.90 Å². The average molecular weight is 435 g/mol. The van der Waals surface area contributed by atoms with Crippen LogP contribution < -0.4 is 4.74 Å². The maximum absolute atomic E-state index is 13.5. The summed E-state index contributed by atoms with van der Waals surface area (Å²) in [5.74, 6) is -1.19. The number of rotatable bonds is 8. The van der Waals surface area contributed by atoms with Gasteiger partial charge >= 0.3 is 0 Å². The lowest BCUT2D eigenvalue weighted by Crippen LogP contribution is -2.34. The molecular weight excluding hydrogens is 410 g/mol. The smallest absolute Gasteiger partial charge is 0.290 e. The van der Waals surface area contributed by atoms with Crippen molar-refractivity contribution >= 4 is 22.7 Å². The summed E-state index contributed by atoms with van der Waals surface area (Å²) in [4.78, 5) is 27.9. The van der Waals surface area contributed by atoms with Gasteiger partial charge in [0.1, 0.15) is 0 Å². The second-order valence-electron chi connectivity index (χ2n) is 7.57. The monoisotopic (exact) mass is 435 g/mol. The van der Waals surface area contributed by atoms with Gasteiger partial charge in [0.15, 0.2) is 22.9 Å². The Kier molecular flexibility index (Phi) is 6.01. The SMILES string of the molecule is CCc1ccc(C2C(C(=O)c3cc4cccc(OC)c4o3)=C(O)C(=O)N2CCOC)cc1. The molecule has 7 heteroatoms. The van der Waals surface area contributed by atoms with E-state index in [1.165, 1.54) is 19.1 Å². The Morgan fingerprint density at radius 3 is 2.56 bits per heavy atom. The molecule has 1 aromatic heterocycles. The van der Waals surface area contributed by atoms with E-state index in [4.69, 9.17) is 13.9 Å². The first kappa shape index (κ1) is 21.6. The summed E-state index contributed by atoms with van der Waals surface area (Å²) in [6, 6.07) is 13.9. The van der Waals surface area contributed by atoms with E-state index >= 15 is 0 Å². The Hall–Kier alpha value is -3.58. The second-order valence-corrected chi connectivity index (χ2v) is 7.57. The zero-order valence-electron chi connectivity index (χ0n) is 18.3. The van der Waals surface area contributed by atoms with Crippen molar-refractivity contribution in [1.29, 1.82) is 0 Å². The highest BCUT2D eigenvalue weighted by atomic mass is 16.5. The Morgan fingerprint density at radius 1 is 1.16 bits per heavy atom. The number of ether oxygens (including phenoxy) is 2. The second kappa shape index (κ2) is 8.88. The van der Waals surface area contributed by atoms with Gasteiger partial charge in [-0.05, 0) is 29.7 Å². The van der Waals surface area contributed by atoms with E-state index in [0.717, 1.165) is 17.5 Å². The van der Waals surface area contributed by atoms with E-state index in [1.807, 2.05) is 24.3 Å². The van der Waals surface area contributed by atoms with Gasteiger partial charge in [0, 0.05) is 19.0 Å². The van der Waals surface area contributed by atoms with Gasteiger partial charge in [-0.2, -0.15) is 0 Å². The van der Waals surface area contributed by atoms with Crippen molar-refractivity contribution < 1.29 is 28.6 Å². The van der Waals surface area contributed by atoms with Crippen molar-refractivity contribution in [2.45, 2.75) is 19.4 Å². The topological polar surface area (TPSA) is 89.2 Å². The molecule has 0 radical (unpaired) electrons. The lowest BCUT2D eigenvalue weighted by molar-refractivity contribution is -0.130. The summed E-state index contributed by atoms with van der Waals surface area (Å²) in [6.07, 6.45) is 0.866. The largest absolute Gasteiger partial charge is 0.503 e. The number of furan rings is 1. The van der Waals surface area contributed by atoms with E-state index in [2.05, 4.69) is 6.92 Å². The molecule has 0 saturated carbocycles. The maximum Gasteiger partial charge on any atom is 0.290 e. The molecule has 3 aromatic rings. The van der Waals surface area contributed by atoms with Crippen LogP contribution in [0.1, 0.15) is 34.6 Å². The van der Waals surface area contributed by atoms with Gasteiger partial charge in [-0.1, -0.05) is 43.3 Å². The third kappa shape index (κ3) is 3.65. The van der Waals surface area contributed by atoms with E-state index in [-0.39, 0.29) is 24.5 Å². The molecule has 32 heavy (non-hydrogen) atoms. The van der Waals surface area contributed by atoms with Crippen molar-refractivity contribution in [2.75, 3.05) is 27.4 Å². The Balaban J connectivity index is 1.80. The number of ketones is 1. The first-order valence-corrected chi connectivity index (χ1v) is 10.4. The fraction of sp³-hybridized carbons (Fsp3) is 0.280. The molecule has 0 saturated heterocycles. The van der Waals surface area contributed by atoms with Gasteiger partial charge in [0.05, 0.1) is 25.3 Å². The number of methoxy groups -OCH3 is 2. The number of nitrogens with zero attached hydrogens (tertiary/aromatic N) is 1. The van der Waals surface area contributed by atoms with E-state index in [1.54, 1.807) is 24.3 Å². The predicted octanol–water partition coefficient (Wildman–Crippen LogP) is 4.23. The normalized spacial score (nSPS) is 16.3. The summed E-state index contributed by atoms with van der Waals surface area (Å²) in [6.45, 7) is 2.55. The van der Waals surface area contributed by atoms with Gasteiger partial charge < -0.3 is 23.9 Å². The standard InChI is InChI=1S/C25H25NO6/c1-4-15-8-10-16(11-9-15)21-20(23(28)25(29)26(21)12-13-30-2)22(27)19-14-17-6-5-7-18(31-3)24(17)32-19/h5-11,14,21,28H,4,12-13H2,1-3H3. The number of Topliss-reactive ketones (excluding diaryl/α,β-unsaturated/α-hetero) is 1. The summed E-state index contributed by atoms with van der Waals surface area (Å²) in [7, 11) is 3.05. The van der Waals surface area contributed by atoms with Gasteiger partial charge in [0.2, 0.25) is 5.78 Å². The minimum atomic E-state index is -0.744. The molecule has 1 aliphatic rings. The van der Waals surface area contributed by atoms with Crippen LogP contribution in [0.4, 0.5) is 0 Å². The number of fused-ring (bicyclic) bond motifs is 1. The fourth-order valence-corrected chi connectivity index (χ4v) is 4.03. The lowest BCUT2D eigenvalue weighted by Gasteiger charge is -2.26. The van der Waals surface area contributed by atoms with Crippen LogP contribution >= 0.6 is 0 Å². The molecule has 0 spiro atoms. The van der Waals surface area contributed by atoms with Crippen molar-refractivity contribution in [3.63, 3.8) is 0 Å². The van der Waals surface area contributed by atoms with Gasteiger partial charge in [-0.15, -0.1) is 0 Å². The molecule has 0 aliphatic carbocycles. The average Bonchev–Trinajstić information content (AvgIpc) is 3.37. The summed E-state index contributed by atoms with van der Waals surface area (Å²) in [5, 5.41) is 11.4. The molecule has 1 aliphatic heterocycles. The van der Waals surface area contributed by atoms with Gasteiger partial charge in [-0.25, -0.2) is 0 Å². The van der Waals surface area contributed by atoms with Crippen LogP contribution in [0.25, 0.3) is 11.0 Å². The van der Waals surface area contributed by atoms with Gasteiger partial charge in [0.25, 0.3) is 5.91 Å². The van der Waals surface area contributed by atoms with Crippen LogP contribution in [0.15, 0.2) is 64.3 Å². The summed E-state index contributed by atoms with van der Waals surface area (Å²) >= 11 is 0. The quantitative estimate of drug-likeness (QED) is 0.533. The molecule has 0 fully saturated rings. The molecule has 0 bridgehead atoms. The van der Waals surface area contributed by atoms with Crippen LogP contribution in [0, 0.1) is 0 Å². The first-order valence-electron chi connectivity index (χ1n) is 10.4. The first-order chi connectivity index (χ1) is 15.5. The van der Waals surface area contributed by atoms with Crippen molar-refractivity contribution in [2.24, 2.45) is 0 Å². The summed E-state index contributed by atoms with van der Waals surface area (Å²) < 4.78 is 16.3. The number of aliphatic hydroxyl groups excluding tert-OH is 1. The molecule has 2 aromatic carbocycles. The Bertz CT molecular complexity index is 1190. The molecule has 2 heterocycles. The number of benzene rings is 2. The number of hydrogen-bond donors (Lipinski definition) is 1. The molecule has 1 unspecified atom stereocenters. The van der Waals surface area contributed by atoms with Crippen LogP contribution in [0.2, 0.25) is 0 Å². The van der Waals surface area contributed by atoms with E-state index in [9.17, 15) is 14.7 Å². The number of aryl methyl sites for hydroxylation is 1. The van der Waals surface area contributed by atoms with Crippen molar-refractivity contribution in [3.8, 4) is 5.75 Å². The van der Waals surface area contributed by atoms with E-state index in [0.29, 0.717) is 16.7 Å². The predicted molar refractivity (Wildman–Crippen MR) is 119 cm³/mol. The minimum Gasteiger partial charge on any atom is -0.503 e. The number of carbonyl (C=O) groups excluding carboxylic acids is 2. The third-order valence-corrected chi connectivity index (χ3v) is 5.74. The number of hydrogen-bond acceptors (Lipinski definition) is 6. The molecule has 1 amide bonds. The molecule has 166 valence electrons. The lowest BCUT2D eigenvalue weighted by atomic mass is 9.94. The van der Waals surface area contributed by atoms with Crippen LogP contribution in [-0.2, 0) is 16.0 Å². The van der Waals surface area contributed by atoms with Crippen LogP contribution in [0.5, 0.6) is 5.75 Å².